The summed E-state index contributed by atoms with van der Waals surface area (Å²) in [4.78, 5) is 12.9. The first-order chi connectivity index (χ1) is 16.3. The maximum atomic E-state index is 13.4. The summed E-state index contributed by atoms with van der Waals surface area (Å²) >= 11 is 3.37. The van der Waals surface area contributed by atoms with E-state index >= 15 is 0 Å². The number of anilines is 1. The number of rotatable bonds is 11. The quantitative estimate of drug-likeness (QED) is 0.340. The van der Waals surface area contributed by atoms with Crippen LogP contribution in [-0.2, 0) is 21.2 Å². The third kappa shape index (κ3) is 7.08. The fourth-order valence-electron chi connectivity index (χ4n) is 3.39. The molecule has 0 aliphatic carbocycles. The first-order valence-corrected chi connectivity index (χ1v) is 13.4. The van der Waals surface area contributed by atoms with Crippen LogP contribution in [0.4, 0.5) is 5.69 Å². The van der Waals surface area contributed by atoms with Gasteiger partial charge in [0.15, 0.2) is 0 Å². The topological polar surface area (TPSA) is 75.7 Å². The number of benzene rings is 3. The van der Waals surface area contributed by atoms with E-state index in [1.807, 2.05) is 38.1 Å². The average Bonchev–Trinajstić information content (AvgIpc) is 2.82. The Kier molecular flexibility index (Phi) is 9.12. The standard InChI is InChI=1S/C26H29BrN2O4S/c1-3-33-24-14-8-21(9-15-24)5-4-18-28-26(30)19-29(23-12-10-22(27)11-13-23)34(31,32)25-16-6-20(2)7-17-25/h6-17H,3-5,18-19H2,1-2H3,(H,28,30). The van der Waals surface area contributed by atoms with Crippen LogP contribution in [0.2, 0.25) is 0 Å². The molecule has 3 rings (SSSR count). The van der Waals surface area contributed by atoms with Crippen molar-refractivity contribution in [1.29, 1.82) is 0 Å². The first kappa shape index (κ1) is 25.8. The summed E-state index contributed by atoms with van der Waals surface area (Å²) < 4.78 is 34.2. The lowest BCUT2D eigenvalue weighted by Crippen LogP contribution is -2.41. The molecule has 0 unspecified atom stereocenters. The second-order valence-corrected chi connectivity index (χ2v) is 10.6. The van der Waals surface area contributed by atoms with Crippen LogP contribution >= 0.6 is 15.9 Å². The van der Waals surface area contributed by atoms with Gasteiger partial charge in [0, 0.05) is 11.0 Å². The normalized spacial score (nSPS) is 11.1. The van der Waals surface area contributed by atoms with Crippen LogP contribution in [0.25, 0.3) is 0 Å². The molecule has 0 heterocycles. The molecule has 6 nitrogen and oxygen atoms in total. The molecule has 0 aromatic heterocycles. The maximum Gasteiger partial charge on any atom is 0.264 e. The predicted molar refractivity (Wildman–Crippen MR) is 139 cm³/mol. The molecule has 0 fully saturated rings. The summed E-state index contributed by atoms with van der Waals surface area (Å²) in [5.74, 6) is 0.479. The molecule has 0 aliphatic rings. The van der Waals surface area contributed by atoms with Crippen molar-refractivity contribution in [1.82, 2.24) is 5.32 Å². The number of sulfonamides is 1. The highest BCUT2D eigenvalue weighted by atomic mass is 79.9. The Morgan fingerprint density at radius 1 is 0.971 bits per heavy atom. The maximum absolute atomic E-state index is 13.4. The molecule has 0 atom stereocenters. The summed E-state index contributed by atoms with van der Waals surface area (Å²) in [6, 6.07) is 21.4. The summed E-state index contributed by atoms with van der Waals surface area (Å²) in [7, 11) is -3.92. The summed E-state index contributed by atoms with van der Waals surface area (Å²) in [5.41, 5.74) is 2.53. The van der Waals surface area contributed by atoms with Gasteiger partial charge in [-0.05, 0) is 80.8 Å². The monoisotopic (exact) mass is 544 g/mol. The van der Waals surface area contributed by atoms with Gasteiger partial charge in [0.1, 0.15) is 12.3 Å². The van der Waals surface area contributed by atoms with Gasteiger partial charge in [0.05, 0.1) is 17.2 Å². The van der Waals surface area contributed by atoms with Crippen LogP contribution in [0.3, 0.4) is 0 Å². The van der Waals surface area contributed by atoms with E-state index in [1.54, 1.807) is 48.5 Å². The Morgan fingerprint density at radius 3 is 2.24 bits per heavy atom. The molecule has 3 aromatic rings. The molecule has 8 heteroatoms. The lowest BCUT2D eigenvalue weighted by Gasteiger charge is -2.24. The summed E-state index contributed by atoms with van der Waals surface area (Å²) in [6.07, 6.45) is 1.54. The molecule has 0 saturated heterocycles. The van der Waals surface area contributed by atoms with E-state index in [4.69, 9.17) is 4.74 Å². The average molecular weight is 545 g/mol. The zero-order chi connectivity index (χ0) is 24.6. The Balaban J connectivity index is 1.64. The van der Waals surface area contributed by atoms with Crippen molar-refractivity contribution in [3.63, 3.8) is 0 Å². The molecular weight excluding hydrogens is 516 g/mol. The van der Waals surface area contributed by atoms with Gasteiger partial charge in [0.2, 0.25) is 5.91 Å². The predicted octanol–water partition coefficient (Wildman–Crippen LogP) is 5.10. The molecule has 0 bridgehead atoms. The van der Waals surface area contributed by atoms with Gasteiger partial charge in [-0.25, -0.2) is 8.42 Å². The van der Waals surface area contributed by atoms with Crippen molar-refractivity contribution in [2.24, 2.45) is 0 Å². The SMILES string of the molecule is CCOc1ccc(CCCNC(=O)CN(c2ccc(Br)cc2)S(=O)(=O)c2ccc(C)cc2)cc1. The van der Waals surface area contributed by atoms with Gasteiger partial charge < -0.3 is 10.1 Å². The number of hydrogen-bond acceptors (Lipinski definition) is 4. The fraction of sp³-hybridized carbons (Fsp3) is 0.269. The number of nitrogens with zero attached hydrogens (tertiary/aromatic N) is 1. The van der Waals surface area contributed by atoms with Crippen LogP contribution in [0.15, 0.2) is 82.2 Å². The highest BCUT2D eigenvalue weighted by Crippen LogP contribution is 2.25. The zero-order valence-corrected chi connectivity index (χ0v) is 21.7. The third-order valence-corrected chi connectivity index (χ3v) is 7.53. The van der Waals surface area contributed by atoms with Crippen LogP contribution < -0.4 is 14.4 Å². The van der Waals surface area contributed by atoms with Gasteiger partial charge in [-0.3, -0.25) is 9.10 Å². The molecule has 1 N–H and O–H groups in total. The Bertz CT molecular complexity index is 1180. The Hall–Kier alpha value is -2.84. The van der Waals surface area contributed by atoms with Crippen molar-refractivity contribution in [2.75, 3.05) is 24.0 Å². The Labute approximate surface area is 210 Å². The Morgan fingerprint density at radius 2 is 1.62 bits per heavy atom. The molecule has 1 amide bonds. The van der Waals surface area contributed by atoms with Gasteiger partial charge in [-0.15, -0.1) is 0 Å². The van der Waals surface area contributed by atoms with Crippen molar-refractivity contribution in [3.8, 4) is 5.75 Å². The van der Waals surface area contributed by atoms with Gasteiger partial charge in [0.25, 0.3) is 10.0 Å². The van der Waals surface area contributed by atoms with Gasteiger partial charge in [-0.1, -0.05) is 45.8 Å². The summed E-state index contributed by atoms with van der Waals surface area (Å²) in [6.45, 7) is 4.61. The number of aryl methyl sites for hydroxylation is 2. The largest absolute Gasteiger partial charge is 0.494 e. The molecule has 0 aliphatic heterocycles. The van der Waals surface area contributed by atoms with Crippen molar-refractivity contribution >= 4 is 37.5 Å². The molecular formula is C26H29BrN2O4S. The van der Waals surface area contributed by atoms with E-state index in [1.165, 1.54) is 0 Å². The smallest absolute Gasteiger partial charge is 0.264 e. The second-order valence-electron chi connectivity index (χ2n) is 7.83. The van der Waals surface area contributed by atoms with Crippen LogP contribution in [0.5, 0.6) is 5.75 Å². The minimum Gasteiger partial charge on any atom is -0.494 e. The number of amides is 1. The van der Waals surface area contributed by atoms with E-state index in [9.17, 15) is 13.2 Å². The number of halogens is 1. The van der Waals surface area contributed by atoms with Crippen LogP contribution in [0, 0.1) is 6.92 Å². The number of nitrogens with one attached hydrogen (secondary N) is 1. The third-order valence-electron chi connectivity index (χ3n) is 5.21. The van der Waals surface area contributed by atoms with Crippen LogP contribution in [0.1, 0.15) is 24.5 Å². The van der Waals surface area contributed by atoms with Gasteiger partial charge in [-0.2, -0.15) is 0 Å². The molecule has 0 saturated carbocycles. The van der Waals surface area contributed by atoms with Crippen LogP contribution in [-0.4, -0.2) is 34.0 Å². The lowest BCUT2D eigenvalue weighted by atomic mass is 10.1. The van der Waals surface area contributed by atoms with E-state index < -0.39 is 10.0 Å². The van der Waals surface area contributed by atoms with E-state index in [2.05, 4.69) is 21.2 Å². The molecule has 0 radical (unpaired) electrons. The number of carbonyl (C=O) groups excluding carboxylic acids is 1. The number of carbonyl (C=O) groups is 1. The second kappa shape index (κ2) is 12.0. The first-order valence-electron chi connectivity index (χ1n) is 11.1. The van der Waals surface area contributed by atoms with E-state index in [0.29, 0.717) is 18.8 Å². The summed E-state index contributed by atoms with van der Waals surface area (Å²) in [5, 5.41) is 2.85. The highest BCUT2D eigenvalue weighted by molar-refractivity contribution is 9.10. The van der Waals surface area contributed by atoms with Crippen molar-refractivity contribution in [2.45, 2.75) is 31.6 Å². The van der Waals surface area contributed by atoms with E-state index in [0.717, 1.165) is 38.5 Å². The fourth-order valence-corrected chi connectivity index (χ4v) is 5.07. The minimum absolute atomic E-state index is 0.143. The molecule has 0 spiro atoms. The van der Waals surface area contributed by atoms with E-state index in [-0.39, 0.29) is 17.3 Å². The molecule has 180 valence electrons. The minimum atomic E-state index is -3.92. The highest BCUT2D eigenvalue weighted by Gasteiger charge is 2.27. The molecule has 34 heavy (non-hydrogen) atoms. The zero-order valence-electron chi connectivity index (χ0n) is 19.3. The number of ether oxygens (including phenoxy) is 1. The van der Waals surface area contributed by atoms with Gasteiger partial charge >= 0.3 is 0 Å². The number of hydrogen-bond donors (Lipinski definition) is 1. The van der Waals surface area contributed by atoms with Crippen molar-refractivity contribution in [3.05, 3.63) is 88.4 Å². The lowest BCUT2D eigenvalue weighted by molar-refractivity contribution is -0.119. The van der Waals surface area contributed by atoms with Crippen molar-refractivity contribution < 1.29 is 17.9 Å². The molecule has 3 aromatic carbocycles.